The molecule has 0 radical (unpaired) electrons. The Kier molecular flexibility index (Phi) is 6.27. The standard InChI is InChI=1S/C19H19N3O5/c1-21(2)19(24)14-7-10-17(27-3)16(12-14)20-18(23)11-6-13-4-8-15(9-5-13)22(25)26/h4-12H,1-3H3,(H,20,23)/b11-6+. The van der Waals surface area contributed by atoms with E-state index in [1.165, 1.54) is 36.3 Å². The topological polar surface area (TPSA) is 102 Å². The van der Waals surface area contributed by atoms with Crippen molar-refractivity contribution >= 4 is 29.3 Å². The molecule has 0 aliphatic carbocycles. The molecule has 1 N–H and O–H groups in total. The summed E-state index contributed by atoms with van der Waals surface area (Å²) in [6.07, 6.45) is 2.82. The van der Waals surface area contributed by atoms with E-state index in [9.17, 15) is 19.7 Å². The Labute approximate surface area is 156 Å². The molecule has 0 heterocycles. The second-order valence-electron chi connectivity index (χ2n) is 5.79. The van der Waals surface area contributed by atoms with Gasteiger partial charge in [-0.2, -0.15) is 0 Å². The van der Waals surface area contributed by atoms with Gasteiger partial charge >= 0.3 is 0 Å². The summed E-state index contributed by atoms with van der Waals surface area (Å²) in [4.78, 5) is 35.9. The van der Waals surface area contributed by atoms with Gasteiger partial charge in [-0.05, 0) is 42.0 Å². The van der Waals surface area contributed by atoms with E-state index in [1.807, 2.05) is 0 Å². The number of nitro groups is 1. The summed E-state index contributed by atoms with van der Waals surface area (Å²) in [5.41, 5.74) is 1.39. The fraction of sp³-hybridized carbons (Fsp3) is 0.158. The van der Waals surface area contributed by atoms with E-state index in [2.05, 4.69) is 5.32 Å². The van der Waals surface area contributed by atoms with Crippen LogP contribution in [0.15, 0.2) is 48.5 Å². The molecule has 0 atom stereocenters. The predicted octanol–water partition coefficient (Wildman–Crippen LogP) is 2.96. The summed E-state index contributed by atoms with van der Waals surface area (Å²) in [5.74, 6) is -0.210. The number of non-ortho nitro benzene ring substituents is 1. The molecule has 0 saturated heterocycles. The number of nitro benzene ring substituents is 1. The van der Waals surface area contributed by atoms with Crippen LogP contribution in [0.4, 0.5) is 11.4 Å². The highest BCUT2D eigenvalue weighted by Crippen LogP contribution is 2.26. The minimum absolute atomic E-state index is 0.0243. The maximum Gasteiger partial charge on any atom is 0.269 e. The monoisotopic (exact) mass is 369 g/mol. The zero-order valence-corrected chi connectivity index (χ0v) is 15.1. The Morgan fingerprint density at radius 3 is 2.37 bits per heavy atom. The lowest BCUT2D eigenvalue weighted by Crippen LogP contribution is -2.22. The van der Waals surface area contributed by atoms with E-state index < -0.39 is 10.8 Å². The van der Waals surface area contributed by atoms with Crippen LogP contribution < -0.4 is 10.1 Å². The van der Waals surface area contributed by atoms with Gasteiger partial charge in [0, 0.05) is 37.9 Å². The number of hydrogen-bond acceptors (Lipinski definition) is 5. The van der Waals surface area contributed by atoms with E-state index in [-0.39, 0.29) is 11.6 Å². The molecule has 27 heavy (non-hydrogen) atoms. The minimum atomic E-state index is -0.492. The summed E-state index contributed by atoms with van der Waals surface area (Å²) >= 11 is 0. The minimum Gasteiger partial charge on any atom is -0.495 e. The van der Waals surface area contributed by atoms with Crippen molar-refractivity contribution in [1.82, 2.24) is 4.90 Å². The van der Waals surface area contributed by atoms with Gasteiger partial charge in [-0.25, -0.2) is 0 Å². The highest BCUT2D eigenvalue weighted by Gasteiger charge is 2.13. The SMILES string of the molecule is COc1ccc(C(=O)N(C)C)cc1NC(=O)/C=C/c1ccc([N+](=O)[O-])cc1. The smallest absolute Gasteiger partial charge is 0.269 e. The van der Waals surface area contributed by atoms with Gasteiger partial charge in [-0.1, -0.05) is 0 Å². The Morgan fingerprint density at radius 2 is 1.81 bits per heavy atom. The zero-order valence-electron chi connectivity index (χ0n) is 15.1. The van der Waals surface area contributed by atoms with Gasteiger partial charge in [0.25, 0.3) is 11.6 Å². The first-order valence-corrected chi connectivity index (χ1v) is 7.95. The number of nitrogens with zero attached hydrogens (tertiary/aromatic N) is 2. The number of nitrogens with one attached hydrogen (secondary N) is 1. The average molecular weight is 369 g/mol. The van der Waals surface area contributed by atoms with Gasteiger partial charge in [0.05, 0.1) is 17.7 Å². The van der Waals surface area contributed by atoms with Crippen LogP contribution in [0, 0.1) is 10.1 Å². The van der Waals surface area contributed by atoms with Crippen molar-refractivity contribution < 1.29 is 19.2 Å². The molecular weight excluding hydrogens is 350 g/mol. The lowest BCUT2D eigenvalue weighted by molar-refractivity contribution is -0.384. The molecule has 2 aromatic carbocycles. The molecule has 8 nitrogen and oxygen atoms in total. The molecule has 0 spiro atoms. The van der Waals surface area contributed by atoms with Crippen molar-refractivity contribution in [2.24, 2.45) is 0 Å². The molecule has 0 saturated carbocycles. The van der Waals surface area contributed by atoms with Crippen LogP contribution in [-0.2, 0) is 4.79 Å². The largest absolute Gasteiger partial charge is 0.495 e. The van der Waals surface area contributed by atoms with E-state index in [1.54, 1.807) is 44.4 Å². The van der Waals surface area contributed by atoms with Crippen molar-refractivity contribution in [3.63, 3.8) is 0 Å². The van der Waals surface area contributed by atoms with E-state index in [0.717, 1.165) is 0 Å². The quantitative estimate of drug-likeness (QED) is 0.479. The fourth-order valence-electron chi connectivity index (χ4n) is 2.25. The second kappa shape index (κ2) is 8.61. The maximum atomic E-state index is 12.2. The Bertz CT molecular complexity index is 889. The molecule has 0 aliphatic heterocycles. The Morgan fingerprint density at radius 1 is 1.15 bits per heavy atom. The summed E-state index contributed by atoms with van der Waals surface area (Å²) in [6.45, 7) is 0. The molecule has 140 valence electrons. The molecule has 2 rings (SSSR count). The number of carbonyl (C=O) groups is 2. The van der Waals surface area contributed by atoms with E-state index in [0.29, 0.717) is 22.6 Å². The van der Waals surface area contributed by atoms with Gasteiger partial charge in [0.15, 0.2) is 0 Å². The number of benzene rings is 2. The fourth-order valence-corrected chi connectivity index (χ4v) is 2.25. The summed E-state index contributed by atoms with van der Waals surface area (Å²) < 4.78 is 5.21. The first kappa shape index (κ1) is 19.6. The van der Waals surface area contributed by atoms with Gasteiger partial charge in [-0.3, -0.25) is 19.7 Å². The lowest BCUT2D eigenvalue weighted by atomic mass is 10.1. The molecule has 0 aliphatic rings. The van der Waals surface area contributed by atoms with Crippen molar-refractivity contribution in [2.45, 2.75) is 0 Å². The number of hydrogen-bond donors (Lipinski definition) is 1. The molecule has 2 aromatic rings. The lowest BCUT2D eigenvalue weighted by Gasteiger charge is -2.14. The van der Waals surface area contributed by atoms with Crippen LogP contribution in [0.25, 0.3) is 6.08 Å². The third-order valence-corrected chi connectivity index (χ3v) is 3.64. The van der Waals surface area contributed by atoms with Crippen LogP contribution >= 0.6 is 0 Å². The molecule has 2 amide bonds. The number of amides is 2. The third-order valence-electron chi connectivity index (χ3n) is 3.64. The van der Waals surface area contributed by atoms with Gasteiger partial charge in [0.2, 0.25) is 5.91 Å². The molecule has 8 heteroatoms. The summed E-state index contributed by atoms with van der Waals surface area (Å²) in [5, 5.41) is 13.3. The number of anilines is 1. The Balaban J connectivity index is 2.15. The van der Waals surface area contributed by atoms with Gasteiger partial charge < -0.3 is 15.0 Å². The van der Waals surface area contributed by atoms with Crippen LogP contribution in [-0.4, -0.2) is 42.8 Å². The maximum absolute atomic E-state index is 12.2. The van der Waals surface area contributed by atoms with Crippen molar-refractivity contribution in [3.05, 3.63) is 69.8 Å². The molecule has 0 fully saturated rings. The Hall–Kier alpha value is -3.68. The zero-order chi connectivity index (χ0) is 20.0. The average Bonchev–Trinajstić information content (AvgIpc) is 2.65. The van der Waals surface area contributed by atoms with Gasteiger partial charge in [0.1, 0.15) is 5.75 Å². The van der Waals surface area contributed by atoms with E-state index in [4.69, 9.17) is 4.74 Å². The number of carbonyl (C=O) groups excluding carboxylic acids is 2. The molecule has 0 bridgehead atoms. The number of methoxy groups -OCH3 is 1. The highest BCUT2D eigenvalue weighted by molar-refractivity contribution is 6.04. The molecule has 0 aromatic heterocycles. The third kappa shape index (κ3) is 5.15. The first-order valence-electron chi connectivity index (χ1n) is 7.95. The number of rotatable bonds is 6. The summed E-state index contributed by atoms with van der Waals surface area (Å²) in [7, 11) is 4.74. The van der Waals surface area contributed by atoms with Gasteiger partial charge in [-0.15, -0.1) is 0 Å². The highest BCUT2D eigenvalue weighted by atomic mass is 16.6. The van der Waals surface area contributed by atoms with Crippen LogP contribution in [0.1, 0.15) is 15.9 Å². The second-order valence-corrected chi connectivity index (χ2v) is 5.79. The van der Waals surface area contributed by atoms with Crippen LogP contribution in [0.3, 0.4) is 0 Å². The summed E-state index contributed by atoms with van der Waals surface area (Å²) in [6, 6.07) is 10.6. The molecular formula is C19H19N3O5. The van der Waals surface area contributed by atoms with E-state index >= 15 is 0 Å². The predicted molar refractivity (Wildman–Crippen MR) is 102 cm³/mol. The normalized spacial score (nSPS) is 10.5. The van der Waals surface area contributed by atoms with Crippen LogP contribution in [0.5, 0.6) is 5.75 Å². The van der Waals surface area contributed by atoms with Crippen molar-refractivity contribution in [3.8, 4) is 5.75 Å². The molecule has 0 unspecified atom stereocenters. The van der Waals surface area contributed by atoms with Crippen LogP contribution in [0.2, 0.25) is 0 Å². The van der Waals surface area contributed by atoms with Crippen molar-refractivity contribution in [1.29, 1.82) is 0 Å². The first-order chi connectivity index (χ1) is 12.8. The van der Waals surface area contributed by atoms with Crippen molar-refractivity contribution in [2.75, 3.05) is 26.5 Å². The number of ether oxygens (including phenoxy) is 1.